The lowest BCUT2D eigenvalue weighted by molar-refractivity contribution is 0.266. The molecule has 3 N–H and O–H groups in total. The number of nitrogens with two attached hydrogens (primary N) is 1. The Hall–Kier alpha value is -1.44. The third-order valence-electron chi connectivity index (χ3n) is 4.18. The van der Waals surface area contributed by atoms with Gasteiger partial charge in [-0.2, -0.15) is 4.31 Å². The number of aromatic nitrogens is 2. The van der Waals surface area contributed by atoms with Gasteiger partial charge in [-0.05, 0) is 43.9 Å². The molecule has 0 saturated carbocycles. The molecule has 2 aromatic heterocycles. The standard InChI is InChI=1S/C14H20N4O2S/c15-6-3-11-4-8-18(9-5-11)21(19,20)13-10-17-14-12(13)2-1-7-16-14/h1-2,7,10-11H,3-6,8-9,15H2,(H,16,17). The summed E-state index contributed by atoms with van der Waals surface area (Å²) in [5.74, 6) is 0.547. The molecule has 114 valence electrons. The molecule has 0 spiro atoms. The summed E-state index contributed by atoms with van der Waals surface area (Å²) in [7, 11) is -3.45. The van der Waals surface area contributed by atoms with Crippen LogP contribution in [0.15, 0.2) is 29.4 Å². The quantitative estimate of drug-likeness (QED) is 0.891. The Bertz CT molecular complexity index is 717. The first kappa shape index (κ1) is 14.5. The highest BCUT2D eigenvalue weighted by atomic mass is 32.2. The number of nitrogens with one attached hydrogen (secondary N) is 1. The summed E-state index contributed by atoms with van der Waals surface area (Å²) >= 11 is 0. The van der Waals surface area contributed by atoms with Gasteiger partial charge in [-0.15, -0.1) is 0 Å². The SMILES string of the molecule is NCCC1CCN(S(=O)(=O)c2c[nH]c3ncccc23)CC1. The topological polar surface area (TPSA) is 92.1 Å². The largest absolute Gasteiger partial charge is 0.345 e. The van der Waals surface area contributed by atoms with E-state index in [4.69, 9.17) is 5.73 Å². The molecule has 3 rings (SSSR count). The van der Waals surface area contributed by atoms with Crippen LogP contribution in [0.1, 0.15) is 19.3 Å². The average Bonchev–Trinajstić information content (AvgIpc) is 2.93. The minimum atomic E-state index is -3.45. The maximum absolute atomic E-state index is 12.8. The lowest BCUT2D eigenvalue weighted by Gasteiger charge is -2.30. The fourth-order valence-corrected chi connectivity index (χ4v) is 4.58. The van der Waals surface area contributed by atoms with Crippen LogP contribution < -0.4 is 5.73 Å². The highest BCUT2D eigenvalue weighted by molar-refractivity contribution is 7.89. The van der Waals surface area contributed by atoms with Crippen LogP contribution in [0.2, 0.25) is 0 Å². The molecular formula is C14H20N4O2S. The van der Waals surface area contributed by atoms with Crippen LogP contribution in [0.5, 0.6) is 0 Å². The maximum Gasteiger partial charge on any atom is 0.245 e. The molecule has 0 atom stereocenters. The zero-order valence-electron chi connectivity index (χ0n) is 11.8. The summed E-state index contributed by atoms with van der Waals surface area (Å²) < 4.78 is 27.1. The van der Waals surface area contributed by atoms with Gasteiger partial charge in [0.15, 0.2) is 0 Å². The van der Waals surface area contributed by atoms with Crippen LogP contribution in [0.3, 0.4) is 0 Å². The van der Waals surface area contributed by atoms with Crippen molar-refractivity contribution in [2.45, 2.75) is 24.2 Å². The molecule has 0 aromatic carbocycles. The van der Waals surface area contributed by atoms with Crippen LogP contribution in [0, 0.1) is 5.92 Å². The Kier molecular flexibility index (Phi) is 3.97. The van der Waals surface area contributed by atoms with Gasteiger partial charge in [0.25, 0.3) is 0 Å². The monoisotopic (exact) mass is 308 g/mol. The summed E-state index contributed by atoms with van der Waals surface area (Å²) in [6.07, 6.45) is 5.94. The molecule has 0 amide bonds. The Labute approximate surface area is 124 Å². The van der Waals surface area contributed by atoms with Gasteiger partial charge >= 0.3 is 0 Å². The lowest BCUT2D eigenvalue weighted by Crippen LogP contribution is -2.38. The van der Waals surface area contributed by atoms with Gasteiger partial charge < -0.3 is 10.7 Å². The fourth-order valence-electron chi connectivity index (χ4n) is 2.96. The van der Waals surface area contributed by atoms with Crippen LogP contribution in [0.25, 0.3) is 11.0 Å². The molecule has 21 heavy (non-hydrogen) atoms. The number of H-pyrrole nitrogens is 1. The second-order valence-corrected chi connectivity index (χ2v) is 7.38. The summed E-state index contributed by atoms with van der Waals surface area (Å²) in [4.78, 5) is 7.40. The first-order valence-electron chi connectivity index (χ1n) is 7.25. The van der Waals surface area contributed by atoms with E-state index in [-0.39, 0.29) is 0 Å². The van der Waals surface area contributed by atoms with Crippen molar-refractivity contribution < 1.29 is 8.42 Å². The fraction of sp³-hybridized carbons (Fsp3) is 0.500. The van der Waals surface area contributed by atoms with Crippen molar-refractivity contribution in [1.82, 2.24) is 14.3 Å². The van der Waals surface area contributed by atoms with Crippen molar-refractivity contribution in [3.8, 4) is 0 Å². The van der Waals surface area contributed by atoms with E-state index < -0.39 is 10.0 Å². The van der Waals surface area contributed by atoms with E-state index in [1.165, 1.54) is 0 Å². The number of hydrogen-bond acceptors (Lipinski definition) is 4. The van der Waals surface area contributed by atoms with E-state index in [9.17, 15) is 8.42 Å². The van der Waals surface area contributed by atoms with Crippen molar-refractivity contribution >= 4 is 21.1 Å². The Morgan fingerprint density at radius 1 is 1.38 bits per heavy atom. The lowest BCUT2D eigenvalue weighted by atomic mass is 9.95. The maximum atomic E-state index is 12.8. The second-order valence-electron chi connectivity index (χ2n) is 5.48. The summed E-state index contributed by atoms with van der Waals surface area (Å²) in [6.45, 7) is 1.81. The highest BCUT2D eigenvalue weighted by Crippen LogP contribution is 2.28. The van der Waals surface area contributed by atoms with E-state index in [1.807, 2.05) is 0 Å². The number of fused-ring (bicyclic) bond motifs is 1. The van der Waals surface area contributed by atoms with Crippen LogP contribution >= 0.6 is 0 Å². The molecule has 0 radical (unpaired) electrons. The molecule has 1 aliphatic rings. The van der Waals surface area contributed by atoms with E-state index in [1.54, 1.807) is 28.8 Å². The minimum absolute atomic E-state index is 0.322. The van der Waals surface area contributed by atoms with Gasteiger partial charge in [-0.3, -0.25) is 0 Å². The van der Waals surface area contributed by atoms with Crippen LogP contribution in [0.4, 0.5) is 0 Å². The van der Waals surface area contributed by atoms with E-state index in [0.717, 1.165) is 19.3 Å². The van der Waals surface area contributed by atoms with E-state index in [0.29, 0.717) is 41.5 Å². The zero-order valence-corrected chi connectivity index (χ0v) is 12.6. The van der Waals surface area contributed by atoms with Crippen molar-refractivity contribution in [2.24, 2.45) is 11.7 Å². The molecule has 0 bridgehead atoms. The van der Waals surface area contributed by atoms with E-state index in [2.05, 4.69) is 9.97 Å². The number of rotatable bonds is 4. The van der Waals surface area contributed by atoms with Gasteiger partial charge in [0.1, 0.15) is 10.5 Å². The number of nitrogens with zero attached hydrogens (tertiary/aromatic N) is 2. The van der Waals surface area contributed by atoms with Gasteiger partial charge in [0, 0.05) is 30.9 Å². The first-order chi connectivity index (χ1) is 10.1. The van der Waals surface area contributed by atoms with Crippen molar-refractivity contribution in [3.05, 3.63) is 24.5 Å². The molecule has 6 nitrogen and oxygen atoms in total. The summed E-state index contributed by atoms with van der Waals surface area (Å²) in [5, 5.41) is 0.654. The molecule has 0 unspecified atom stereocenters. The molecule has 7 heteroatoms. The number of hydrogen-bond donors (Lipinski definition) is 2. The summed E-state index contributed by atoms with van der Waals surface area (Å²) in [5.41, 5.74) is 6.18. The van der Waals surface area contributed by atoms with Crippen molar-refractivity contribution in [3.63, 3.8) is 0 Å². The average molecular weight is 308 g/mol. The van der Waals surface area contributed by atoms with Gasteiger partial charge in [0.05, 0.1) is 0 Å². The Morgan fingerprint density at radius 2 is 2.14 bits per heavy atom. The first-order valence-corrected chi connectivity index (χ1v) is 8.69. The Balaban J connectivity index is 1.85. The number of sulfonamides is 1. The molecule has 1 aliphatic heterocycles. The molecule has 1 fully saturated rings. The smallest absolute Gasteiger partial charge is 0.245 e. The third-order valence-corrected chi connectivity index (χ3v) is 6.12. The number of pyridine rings is 1. The van der Waals surface area contributed by atoms with E-state index >= 15 is 0 Å². The van der Waals surface area contributed by atoms with Crippen LogP contribution in [-0.4, -0.2) is 42.3 Å². The molecule has 0 aliphatic carbocycles. The third kappa shape index (κ3) is 2.68. The Morgan fingerprint density at radius 3 is 2.86 bits per heavy atom. The molecular weight excluding hydrogens is 288 g/mol. The van der Waals surface area contributed by atoms with Gasteiger partial charge in [-0.25, -0.2) is 13.4 Å². The molecule has 2 aromatic rings. The zero-order chi connectivity index (χ0) is 14.9. The van der Waals surface area contributed by atoms with Gasteiger partial charge in [0.2, 0.25) is 10.0 Å². The predicted molar refractivity (Wildman–Crippen MR) is 81.2 cm³/mol. The van der Waals surface area contributed by atoms with Gasteiger partial charge in [-0.1, -0.05) is 0 Å². The molecule has 3 heterocycles. The second kappa shape index (κ2) is 5.75. The van der Waals surface area contributed by atoms with Crippen LogP contribution in [-0.2, 0) is 10.0 Å². The number of piperidine rings is 1. The number of aromatic amines is 1. The predicted octanol–water partition coefficient (Wildman–Crippen LogP) is 1.31. The molecule has 1 saturated heterocycles. The minimum Gasteiger partial charge on any atom is -0.345 e. The normalized spacial score (nSPS) is 18.3. The van der Waals surface area contributed by atoms with Crippen molar-refractivity contribution in [1.29, 1.82) is 0 Å². The highest BCUT2D eigenvalue weighted by Gasteiger charge is 2.30. The summed E-state index contributed by atoms with van der Waals surface area (Å²) in [6, 6.07) is 3.54. The van der Waals surface area contributed by atoms with Crippen molar-refractivity contribution in [2.75, 3.05) is 19.6 Å².